The average molecular weight is 342 g/mol. The third-order valence-corrected chi connectivity index (χ3v) is 4.46. The highest BCUT2D eigenvalue weighted by molar-refractivity contribution is 5.78. The van der Waals surface area contributed by atoms with Gasteiger partial charge in [-0.05, 0) is 36.7 Å². The molecule has 2 aromatic carbocycles. The van der Waals surface area contributed by atoms with Crippen LogP contribution in [0.15, 0.2) is 48.5 Å². The van der Waals surface area contributed by atoms with Gasteiger partial charge in [-0.1, -0.05) is 36.4 Å². The number of nitrogens with zero attached hydrogens (tertiary/aromatic N) is 2. The number of fused-ring (bicyclic) bond motifs is 1. The maximum Gasteiger partial charge on any atom is 0.237 e. The summed E-state index contributed by atoms with van der Waals surface area (Å²) in [6, 6.07) is 14.6. The molecule has 0 bridgehead atoms. The van der Waals surface area contributed by atoms with Crippen molar-refractivity contribution in [2.75, 3.05) is 33.3 Å². The second-order valence-corrected chi connectivity index (χ2v) is 6.35. The Morgan fingerprint density at radius 1 is 1.16 bits per heavy atom. The van der Waals surface area contributed by atoms with E-state index in [1.165, 1.54) is 17.2 Å². The number of para-hydroxylation sites is 1. The van der Waals surface area contributed by atoms with E-state index in [1.807, 2.05) is 29.0 Å². The number of hydrogen-bond donors (Lipinski definition) is 0. The van der Waals surface area contributed by atoms with E-state index in [9.17, 15) is 9.18 Å². The fraction of sp³-hybridized carbons (Fsp3) is 0.350. The fourth-order valence-corrected chi connectivity index (χ4v) is 2.99. The summed E-state index contributed by atoms with van der Waals surface area (Å²) in [5.74, 6) is -0.00836. The van der Waals surface area contributed by atoms with E-state index in [1.54, 1.807) is 18.2 Å². The highest BCUT2D eigenvalue weighted by atomic mass is 19.1. The highest BCUT2D eigenvalue weighted by Gasteiger charge is 2.21. The molecule has 25 heavy (non-hydrogen) atoms. The van der Waals surface area contributed by atoms with Crippen molar-refractivity contribution in [1.82, 2.24) is 9.80 Å². The van der Waals surface area contributed by atoms with Crippen molar-refractivity contribution in [3.8, 4) is 5.75 Å². The molecule has 1 heterocycles. The summed E-state index contributed by atoms with van der Waals surface area (Å²) < 4.78 is 18.9. The maximum absolute atomic E-state index is 13.5. The smallest absolute Gasteiger partial charge is 0.237 e. The molecule has 0 saturated carbocycles. The molecular weight excluding hydrogens is 319 g/mol. The molecule has 5 heteroatoms. The Labute approximate surface area is 147 Å². The lowest BCUT2D eigenvalue weighted by atomic mass is 10.00. The van der Waals surface area contributed by atoms with Gasteiger partial charge >= 0.3 is 0 Å². The number of likely N-dealkylation sites (N-methyl/N-ethyl adjacent to an activating group) is 1. The quantitative estimate of drug-likeness (QED) is 0.809. The first-order valence-corrected chi connectivity index (χ1v) is 8.54. The van der Waals surface area contributed by atoms with Gasteiger partial charge in [-0.2, -0.15) is 0 Å². The Morgan fingerprint density at radius 2 is 1.88 bits per heavy atom. The third kappa shape index (κ3) is 4.57. The molecule has 0 spiro atoms. The van der Waals surface area contributed by atoms with Gasteiger partial charge < -0.3 is 9.64 Å². The van der Waals surface area contributed by atoms with Crippen LogP contribution in [0.4, 0.5) is 4.39 Å². The molecule has 0 atom stereocenters. The van der Waals surface area contributed by atoms with E-state index < -0.39 is 0 Å². The number of ether oxygens (including phenoxy) is 1. The number of hydrogen-bond acceptors (Lipinski definition) is 3. The molecule has 0 N–H and O–H groups in total. The number of carbonyl (C=O) groups excluding carboxylic acids is 1. The zero-order valence-electron chi connectivity index (χ0n) is 14.5. The van der Waals surface area contributed by atoms with Gasteiger partial charge in [0.1, 0.15) is 6.61 Å². The lowest BCUT2D eigenvalue weighted by molar-refractivity contribution is -0.133. The minimum absolute atomic E-state index is 0.114. The molecule has 1 aliphatic heterocycles. The largest absolute Gasteiger partial charge is 0.489 e. The van der Waals surface area contributed by atoms with E-state index in [4.69, 9.17) is 4.74 Å². The van der Waals surface area contributed by atoms with Gasteiger partial charge in [0.25, 0.3) is 0 Å². The van der Waals surface area contributed by atoms with Crippen LogP contribution in [-0.2, 0) is 17.8 Å². The topological polar surface area (TPSA) is 32.8 Å². The molecule has 3 rings (SSSR count). The molecular formula is C20H23FN2O2. The lowest BCUT2D eigenvalue weighted by Gasteiger charge is -2.30. The van der Waals surface area contributed by atoms with Crippen LogP contribution < -0.4 is 4.74 Å². The van der Waals surface area contributed by atoms with Crippen LogP contribution in [0.3, 0.4) is 0 Å². The molecule has 0 unspecified atom stereocenters. The molecule has 1 aliphatic rings. The Hall–Kier alpha value is -2.40. The second kappa shape index (κ2) is 8.12. The van der Waals surface area contributed by atoms with Crippen molar-refractivity contribution in [3.05, 3.63) is 65.5 Å². The monoisotopic (exact) mass is 342 g/mol. The molecule has 0 aliphatic carbocycles. The van der Waals surface area contributed by atoms with Crippen molar-refractivity contribution < 1.29 is 13.9 Å². The van der Waals surface area contributed by atoms with Gasteiger partial charge in [0.15, 0.2) is 11.6 Å². The van der Waals surface area contributed by atoms with Crippen LogP contribution in [0.2, 0.25) is 0 Å². The van der Waals surface area contributed by atoms with Crippen LogP contribution in [0.5, 0.6) is 5.75 Å². The lowest BCUT2D eigenvalue weighted by Crippen LogP contribution is -2.42. The molecule has 0 aromatic heterocycles. The van der Waals surface area contributed by atoms with Crippen molar-refractivity contribution in [1.29, 1.82) is 0 Å². The van der Waals surface area contributed by atoms with Gasteiger partial charge in [0.05, 0.1) is 6.54 Å². The summed E-state index contributed by atoms with van der Waals surface area (Å²) in [7, 11) is 1.88. The van der Waals surface area contributed by atoms with Gasteiger partial charge in [0, 0.05) is 19.6 Å². The molecule has 0 fully saturated rings. The minimum Gasteiger partial charge on any atom is -0.489 e. The molecule has 2 aromatic rings. The van der Waals surface area contributed by atoms with E-state index in [-0.39, 0.29) is 17.5 Å². The Bertz CT molecular complexity index is 735. The van der Waals surface area contributed by atoms with Crippen molar-refractivity contribution in [3.63, 3.8) is 0 Å². The van der Waals surface area contributed by atoms with Crippen LogP contribution in [0, 0.1) is 5.82 Å². The van der Waals surface area contributed by atoms with Crippen LogP contribution in [0.25, 0.3) is 0 Å². The second-order valence-electron chi connectivity index (χ2n) is 6.35. The van der Waals surface area contributed by atoms with E-state index in [2.05, 4.69) is 12.1 Å². The third-order valence-electron chi connectivity index (χ3n) is 4.46. The number of carbonyl (C=O) groups is 1. The number of benzene rings is 2. The summed E-state index contributed by atoms with van der Waals surface area (Å²) in [4.78, 5) is 16.3. The van der Waals surface area contributed by atoms with E-state index >= 15 is 0 Å². The zero-order valence-corrected chi connectivity index (χ0v) is 14.5. The van der Waals surface area contributed by atoms with E-state index in [0.29, 0.717) is 26.2 Å². The number of halogens is 1. The first-order valence-electron chi connectivity index (χ1n) is 8.54. The average Bonchev–Trinajstić information content (AvgIpc) is 2.63. The van der Waals surface area contributed by atoms with Gasteiger partial charge in [-0.15, -0.1) is 0 Å². The normalized spacial score (nSPS) is 13.6. The van der Waals surface area contributed by atoms with Gasteiger partial charge in [-0.3, -0.25) is 9.69 Å². The predicted molar refractivity (Wildman–Crippen MR) is 95.0 cm³/mol. The molecule has 4 nitrogen and oxygen atoms in total. The van der Waals surface area contributed by atoms with Crippen LogP contribution in [-0.4, -0.2) is 49.0 Å². The Balaban J connectivity index is 1.44. The highest BCUT2D eigenvalue weighted by Crippen LogP contribution is 2.18. The van der Waals surface area contributed by atoms with E-state index in [0.717, 1.165) is 13.0 Å². The Morgan fingerprint density at radius 3 is 2.68 bits per heavy atom. The predicted octanol–water partition coefficient (Wildman–Crippen LogP) is 2.72. The number of amides is 1. The van der Waals surface area contributed by atoms with Crippen molar-refractivity contribution in [2.45, 2.75) is 13.0 Å². The van der Waals surface area contributed by atoms with Crippen LogP contribution in [0.1, 0.15) is 11.1 Å². The maximum atomic E-state index is 13.5. The van der Waals surface area contributed by atoms with Crippen molar-refractivity contribution >= 4 is 5.91 Å². The minimum atomic E-state index is -0.367. The SMILES string of the molecule is CN(CCOc1ccccc1F)CC(=O)N1CCc2ccccc2C1. The summed E-state index contributed by atoms with van der Waals surface area (Å²) in [6.07, 6.45) is 0.905. The zero-order chi connectivity index (χ0) is 17.6. The summed E-state index contributed by atoms with van der Waals surface area (Å²) in [5, 5.41) is 0. The number of rotatable bonds is 6. The molecule has 0 saturated heterocycles. The molecule has 132 valence electrons. The summed E-state index contributed by atoms with van der Waals surface area (Å²) in [6.45, 7) is 2.67. The summed E-state index contributed by atoms with van der Waals surface area (Å²) in [5.41, 5.74) is 2.56. The molecule has 0 radical (unpaired) electrons. The standard InChI is InChI=1S/C20H23FN2O2/c1-22(12-13-25-19-9-5-4-8-18(19)21)15-20(24)23-11-10-16-6-2-3-7-17(16)14-23/h2-9H,10-15H2,1H3. The fourth-order valence-electron chi connectivity index (χ4n) is 2.99. The molecule has 1 amide bonds. The first-order chi connectivity index (χ1) is 12.1. The van der Waals surface area contributed by atoms with Crippen molar-refractivity contribution in [2.24, 2.45) is 0 Å². The van der Waals surface area contributed by atoms with Gasteiger partial charge in [0.2, 0.25) is 5.91 Å². The van der Waals surface area contributed by atoms with Gasteiger partial charge in [-0.25, -0.2) is 4.39 Å². The Kier molecular flexibility index (Phi) is 5.66. The first kappa shape index (κ1) is 17.4. The van der Waals surface area contributed by atoms with Crippen LogP contribution >= 0.6 is 0 Å². The summed E-state index contributed by atoms with van der Waals surface area (Å²) >= 11 is 0.